The minimum absolute atomic E-state index is 0.340. The van der Waals surface area contributed by atoms with E-state index in [1.807, 2.05) is 13.0 Å². The van der Waals surface area contributed by atoms with E-state index in [2.05, 4.69) is 0 Å². The minimum atomic E-state index is -0.898. The SMILES string of the molecule is CC12C=CC(C)(O1)C(C(=O)O)=C2. The Hall–Kier alpha value is -1.09. The molecule has 2 heterocycles. The van der Waals surface area contributed by atoms with Crippen molar-refractivity contribution in [1.29, 1.82) is 0 Å². The molecule has 2 bridgehead atoms. The van der Waals surface area contributed by atoms with Gasteiger partial charge in [0.05, 0.1) is 5.57 Å². The summed E-state index contributed by atoms with van der Waals surface area (Å²) in [6.07, 6.45) is 5.35. The molecule has 2 aliphatic heterocycles. The molecule has 1 N–H and O–H groups in total. The maximum absolute atomic E-state index is 10.8. The summed E-state index contributed by atoms with van der Waals surface area (Å²) in [5.41, 5.74) is -0.865. The third-order valence-corrected chi connectivity index (χ3v) is 2.36. The number of rotatable bonds is 1. The number of carbonyl (C=O) groups is 1. The molecular weight excluding hydrogens is 156 g/mol. The van der Waals surface area contributed by atoms with Crippen molar-refractivity contribution in [2.75, 3.05) is 0 Å². The van der Waals surface area contributed by atoms with Crippen LogP contribution in [0.5, 0.6) is 0 Å². The Balaban J connectivity index is 2.47. The number of carboxylic acids is 1. The highest BCUT2D eigenvalue weighted by molar-refractivity contribution is 5.91. The molecule has 3 nitrogen and oxygen atoms in total. The van der Waals surface area contributed by atoms with Crippen LogP contribution in [0, 0.1) is 0 Å². The Bertz CT molecular complexity index is 316. The van der Waals surface area contributed by atoms with Gasteiger partial charge >= 0.3 is 5.97 Å². The Kier molecular flexibility index (Phi) is 1.13. The average molecular weight is 166 g/mol. The number of ether oxygens (including phenoxy) is 1. The van der Waals surface area contributed by atoms with E-state index in [0.717, 1.165) is 0 Å². The Morgan fingerprint density at radius 1 is 1.50 bits per heavy atom. The maximum Gasteiger partial charge on any atom is 0.334 e. The van der Waals surface area contributed by atoms with E-state index in [9.17, 15) is 4.79 Å². The first-order valence-corrected chi connectivity index (χ1v) is 3.82. The summed E-state index contributed by atoms with van der Waals surface area (Å²) in [6.45, 7) is 3.62. The lowest BCUT2D eigenvalue weighted by atomic mass is 9.90. The molecule has 0 aliphatic carbocycles. The van der Waals surface area contributed by atoms with Gasteiger partial charge in [0, 0.05) is 0 Å². The van der Waals surface area contributed by atoms with E-state index < -0.39 is 17.2 Å². The molecular formula is C9H10O3. The topological polar surface area (TPSA) is 46.5 Å². The fourth-order valence-electron chi connectivity index (χ4n) is 1.78. The lowest BCUT2D eigenvalue weighted by Gasteiger charge is -2.19. The third-order valence-electron chi connectivity index (χ3n) is 2.36. The molecule has 0 radical (unpaired) electrons. The quantitative estimate of drug-likeness (QED) is 0.593. The zero-order valence-electron chi connectivity index (χ0n) is 7.00. The Morgan fingerprint density at radius 2 is 2.17 bits per heavy atom. The van der Waals surface area contributed by atoms with Crippen LogP contribution in [-0.2, 0) is 9.53 Å². The predicted octanol–water partition coefficient (Wildman–Crippen LogP) is 1.11. The zero-order chi connectivity index (χ0) is 8.98. The summed E-state index contributed by atoms with van der Waals surface area (Å²) in [5, 5.41) is 8.83. The number of aliphatic carboxylic acids is 1. The lowest BCUT2D eigenvalue weighted by molar-refractivity contribution is -0.134. The van der Waals surface area contributed by atoms with E-state index in [-0.39, 0.29) is 0 Å². The standard InChI is InChI=1S/C9H10O3/c1-8-3-4-9(2,12-8)6(5-8)7(10)11/h3-5H,1-2H3,(H,10,11). The van der Waals surface area contributed by atoms with Crippen LogP contribution in [0.4, 0.5) is 0 Å². The molecule has 12 heavy (non-hydrogen) atoms. The number of fused-ring (bicyclic) bond motifs is 2. The van der Waals surface area contributed by atoms with E-state index >= 15 is 0 Å². The van der Waals surface area contributed by atoms with Crippen molar-refractivity contribution in [3.63, 3.8) is 0 Å². The summed E-state index contributed by atoms with van der Waals surface area (Å²) >= 11 is 0. The average Bonchev–Trinajstić information content (AvgIpc) is 2.36. The van der Waals surface area contributed by atoms with E-state index in [1.54, 1.807) is 19.1 Å². The highest BCUT2D eigenvalue weighted by Crippen LogP contribution is 2.44. The largest absolute Gasteiger partial charge is 0.478 e. The van der Waals surface area contributed by atoms with Crippen LogP contribution in [-0.4, -0.2) is 22.3 Å². The van der Waals surface area contributed by atoms with Crippen LogP contribution in [0.25, 0.3) is 0 Å². The van der Waals surface area contributed by atoms with Crippen molar-refractivity contribution in [2.45, 2.75) is 25.0 Å². The molecule has 0 saturated carbocycles. The molecule has 0 fully saturated rings. The fraction of sp³-hybridized carbons (Fsp3) is 0.444. The van der Waals surface area contributed by atoms with E-state index in [4.69, 9.17) is 9.84 Å². The molecule has 2 rings (SSSR count). The molecule has 2 aliphatic rings. The van der Waals surface area contributed by atoms with Crippen molar-refractivity contribution in [1.82, 2.24) is 0 Å². The van der Waals surface area contributed by atoms with E-state index in [0.29, 0.717) is 5.57 Å². The van der Waals surface area contributed by atoms with Crippen LogP contribution in [0.2, 0.25) is 0 Å². The summed E-state index contributed by atoms with van der Waals surface area (Å²) in [4.78, 5) is 10.8. The van der Waals surface area contributed by atoms with Crippen LogP contribution in [0.3, 0.4) is 0 Å². The Labute approximate surface area is 70.3 Å². The molecule has 0 saturated heterocycles. The number of hydrogen-bond donors (Lipinski definition) is 1. The van der Waals surface area contributed by atoms with Crippen molar-refractivity contribution in [3.05, 3.63) is 23.8 Å². The van der Waals surface area contributed by atoms with Gasteiger partial charge in [0.1, 0.15) is 11.2 Å². The number of hydrogen-bond acceptors (Lipinski definition) is 2. The normalized spacial score (nSPS) is 43.3. The van der Waals surface area contributed by atoms with Gasteiger partial charge in [-0.25, -0.2) is 4.79 Å². The van der Waals surface area contributed by atoms with Crippen LogP contribution in [0.15, 0.2) is 23.8 Å². The zero-order valence-corrected chi connectivity index (χ0v) is 7.00. The molecule has 0 aromatic carbocycles. The third kappa shape index (κ3) is 0.770. The second-order valence-corrected chi connectivity index (χ2v) is 3.59. The smallest absolute Gasteiger partial charge is 0.334 e. The van der Waals surface area contributed by atoms with Crippen molar-refractivity contribution in [2.24, 2.45) is 0 Å². The van der Waals surface area contributed by atoms with Gasteiger partial charge in [0.15, 0.2) is 0 Å². The van der Waals surface area contributed by atoms with Crippen molar-refractivity contribution >= 4 is 5.97 Å². The summed E-state index contributed by atoms with van der Waals surface area (Å²) in [5.74, 6) is -0.898. The molecule has 3 heteroatoms. The second kappa shape index (κ2) is 1.80. The molecule has 2 unspecified atom stereocenters. The summed E-state index contributed by atoms with van der Waals surface area (Å²) < 4.78 is 5.54. The van der Waals surface area contributed by atoms with Crippen molar-refractivity contribution in [3.8, 4) is 0 Å². The molecule has 0 aromatic rings. The van der Waals surface area contributed by atoms with Gasteiger partial charge in [-0.1, -0.05) is 0 Å². The molecule has 2 atom stereocenters. The molecule has 0 aromatic heterocycles. The number of carboxylic acid groups (broad SMARTS) is 1. The summed E-state index contributed by atoms with van der Waals surface area (Å²) in [6, 6.07) is 0. The highest BCUT2D eigenvalue weighted by Gasteiger charge is 2.49. The first kappa shape index (κ1) is 7.55. The van der Waals surface area contributed by atoms with E-state index in [1.165, 1.54) is 0 Å². The summed E-state index contributed by atoms with van der Waals surface area (Å²) in [7, 11) is 0. The van der Waals surface area contributed by atoms with Gasteiger partial charge in [-0.3, -0.25) is 0 Å². The van der Waals surface area contributed by atoms with Gasteiger partial charge in [-0.15, -0.1) is 0 Å². The van der Waals surface area contributed by atoms with Gasteiger partial charge < -0.3 is 9.84 Å². The monoisotopic (exact) mass is 166 g/mol. The minimum Gasteiger partial charge on any atom is -0.478 e. The van der Waals surface area contributed by atoms with Crippen LogP contribution < -0.4 is 0 Å². The first-order chi connectivity index (χ1) is 5.45. The lowest BCUT2D eigenvalue weighted by Crippen LogP contribution is -2.27. The molecule has 64 valence electrons. The van der Waals surface area contributed by atoms with Gasteiger partial charge in [-0.2, -0.15) is 0 Å². The fourth-order valence-corrected chi connectivity index (χ4v) is 1.78. The Morgan fingerprint density at radius 3 is 2.42 bits per heavy atom. The van der Waals surface area contributed by atoms with Gasteiger partial charge in [0.2, 0.25) is 0 Å². The highest BCUT2D eigenvalue weighted by atomic mass is 16.5. The second-order valence-electron chi connectivity index (χ2n) is 3.59. The van der Waals surface area contributed by atoms with Crippen LogP contribution >= 0.6 is 0 Å². The van der Waals surface area contributed by atoms with Crippen LogP contribution in [0.1, 0.15) is 13.8 Å². The molecule has 0 spiro atoms. The van der Waals surface area contributed by atoms with Gasteiger partial charge in [-0.05, 0) is 32.1 Å². The van der Waals surface area contributed by atoms with Crippen molar-refractivity contribution < 1.29 is 14.6 Å². The first-order valence-electron chi connectivity index (χ1n) is 3.82. The predicted molar refractivity (Wildman–Crippen MR) is 42.8 cm³/mol. The molecule has 0 amide bonds. The maximum atomic E-state index is 10.8. The van der Waals surface area contributed by atoms with Gasteiger partial charge in [0.25, 0.3) is 0 Å².